The largest absolute Gasteiger partial charge is 0.316 e. The van der Waals surface area contributed by atoms with Gasteiger partial charge in [0, 0.05) is 23.2 Å². The number of nitrogens with one attached hydrogen (secondary N) is 1. The van der Waals surface area contributed by atoms with Gasteiger partial charge < -0.3 is 5.32 Å². The van der Waals surface area contributed by atoms with E-state index in [1.165, 1.54) is 12.8 Å². The van der Waals surface area contributed by atoms with Crippen molar-refractivity contribution in [2.75, 3.05) is 13.1 Å². The highest BCUT2D eigenvalue weighted by Gasteiger charge is 2.07. The van der Waals surface area contributed by atoms with E-state index in [-0.39, 0.29) is 0 Å². The molecule has 3 nitrogen and oxygen atoms in total. The molecule has 0 fully saturated rings. The Morgan fingerprint density at radius 1 is 1.29 bits per heavy atom. The molecule has 1 aromatic rings. The molecule has 0 saturated heterocycles. The van der Waals surface area contributed by atoms with Crippen LogP contribution in [0.3, 0.4) is 0 Å². The average molecular weight is 253 g/mol. The number of rotatable bonds is 7. The van der Waals surface area contributed by atoms with Crippen LogP contribution in [0.5, 0.6) is 0 Å². The van der Waals surface area contributed by atoms with E-state index < -0.39 is 0 Å². The first-order chi connectivity index (χ1) is 8.11. The number of unbranched alkanes of at least 4 members (excludes halogenated alkanes) is 1. The van der Waals surface area contributed by atoms with Crippen molar-refractivity contribution in [1.82, 2.24) is 15.3 Å². The predicted molar refractivity (Wildman–Crippen MR) is 74.6 cm³/mol. The van der Waals surface area contributed by atoms with Gasteiger partial charge in [-0.15, -0.1) is 0 Å². The maximum absolute atomic E-state index is 4.44. The molecule has 0 bridgehead atoms. The lowest BCUT2D eigenvalue weighted by Gasteiger charge is -2.11. The van der Waals surface area contributed by atoms with Gasteiger partial charge in [-0.2, -0.15) is 0 Å². The summed E-state index contributed by atoms with van der Waals surface area (Å²) in [5, 5.41) is 4.86. The second kappa shape index (κ2) is 7.67. The number of aryl methyl sites for hydroxylation is 2. The van der Waals surface area contributed by atoms with Crippen LogP contribution in [0.25, 0.3) is 0 Å². The minimum atomic E-state index is 0.507. The van der Waals surface area contributed by atoms with Gasteiger partial charge in [0.2, 0.25) is 0 Å². The molecule has 0 aromatic carbocycles. The van der Waals surface area contributed by atoms with Gasteiger partial charge in [-0.05, 0) is 32.9 Å². The molecule has 0 spiro atoms. The molecular formula is C13H23N3S. The molecule has 0 aliphatic rings. The molecule has 1 N–H and O–H groups in total. The van der Waals surface area contributed by atoms with Gasteiger partial charge in [-0.1, -0.05) is 32.0 Å². The third-order valence-electron chi connectivity index (χ3n) is 2.41. The first kappa shape index (κ1) is 14.5. The monoisotopic (exact) mass is 253 g/mol. The van der Waals surface area contributed by atoms with E-state index in [2.05, 4.69) is 29.1 Å². The zero-order valence-corrected chi connectivity index (χ0v) is 12.1. The second-order valence-corrected chi connectivity index (χ2v) is 5.83. The Morgan fingerprint density at radius 2 is 1.94 bits per heavy atom. The lowest BCUT2D eigenvalue weighted by Crippen LogP contribution is -2.23. The number of aromatic nitrogens is 2. The van der Waals surface area contributed by atoms with Gasteiger partial charge in [0.15, 0.2) is 5.16 Å². The predicted octanol–water partition coefficient (Wildman–Crippen LogP) is 2.96. The van der Waals surface area contributed by atoms with E-state index in [0.29, 0.717) is 5.25 Å². The van der Waals surface area contributed by atoms with Gasteiger partial charge in [0.1, 0.15) is 0 Å². The first-order valence-corrected chi connectivity index (χ1v) is 7.19. The van der Waals surface area contributed by atoms with Crippen molar-refractivity contribution in [2.24, 2.45) is 0 Å². The van der Waals surface area contributed by atoms with Crippen LogP contribution < -0.4 is 5.32 Å². The molecular weight excluding hydrogens is 230 g/mol. The number of nitrogens with zero attached hydrogens (tertiary/aromatic N) is 2. The summed E-state index contributed by atoms with van der Waals surface area (Å²) in [6.07, 6.45) is 2.49. The number of thioether (sulfide) groups is 1. The fourth-order valence-corrected chi connectivity index (χ4v) is 2.53. The standard InChI is InChI=1S/C13H23N3S/c1-5-6-7-14-9-12(4)17-13-15-10(2)8-11(3)16-13/h8,12,14H,5-7,9H2,1-4H3. The van der Waals surface area contributed by atoms with Crippen molar-refractivity contribution in [3.05, 3.63) is 17.5 Å². The number of hydrogen-bond donors (Lipinski definition) is 1. The number of hydrogen-bond acceptors (Lipinski definition) is 4. The summed E-state index contributed by atoms with van der Waals surface area (Å²) in [6, 6.07) is 2.01. The van der Waals surface area contributed by atoms with Crippen LogP contribution in [0.2, 0.25) is 0 Å². The molecule has 1 heterocycles. The Balaban J connectivity index is 2.36. The Labute approximate surface area is 109 Å². The molecule has 1 rings (SSSR count). The summed E-state index contributed by atoms with van der Waals surface area (Å²) in [7, 11) is 0. The fraction of sp³-hybridized carbons (Fsp3) is 0.692. The quantitative estimate of drug-likeness (QED) is 0.460. The summed E-state index contributed by atoms with van der Waals surface area (Å²) in [5.74, 6) is 0. The van der Waals surface area contributed by atoms with Crippen molar-refractivity contribution < 1.29 is 0 Å². The smallest absolute Gasteiger partial charge is 0.188 e. The molecule has 1 atom stereocenters. The summed E-state index contributed by atoms with van der Waals surface area (Å²) in [6.45, 7) is 10.6. The summed E-state index contributed by atoms with van der Waals surface area (Å²) in [5.41, 5.74) is 2.09. The van der Waals surface area contributed by atoms with Crippen LogP contribution in [0.1, 0.15) is 38.1 Å². The SMILES string of the molecule is CCCCNCC(C)Sc1nc(C)cc(C)n1. The van der Waals surface area contributed by atoms with Gasteiger partial charge in [0.05, 0.1) is 0 Å². The van der Waals surface area contributed by atoms with Gasteiger partial charge in [-0.3, -0.25) is 0 Å². The van der Waals surface area contributed by atoms with Crippen molar-refractivity contribution in [3.63, 3.8) is 0 Å². The van der Waals surface area contributed by atoms with Crippen molar-refractivity contribution >= 4 is 11.8 Å². The molecule has 0 aliphatic carbocycles. The molecule has 1 unspecified atom stereocenters. The fourth-order valence-electron chi connectivity index (χ4n) is 1.57. The molecule has 0 aliphatic heterocycles. The van der Waals surface area contributed by atoms with Gasteiger partial charge in [0.25, 0.3) is 0 Å². The van der Waals surface area contributed by atoms with Crippen LogP contribution in [0, 0.1) is 13.8 Å². The summed E-state index contributed by atoms with van der Waals surface area (Å²) < 4.78 is 0. The lowest BCUT2D eigenvalue weighted by atomic mass is 10.3. The zero-order chi connectivity index (χ0) is 12.7. The Hall–Kier alpha value is -0.610. The molecule has 0 saturated carbocycles. The Morgan fingerprint density at radius 3 is 2.53 bits per heavy atom. The zero-order valence-electron chi connectivity index (χ0n) is 11.3. The minimum absolute atomic E-state index is 0.507. The van der Waals surface area contributed by atoms with E-state index >= 15 is 0 Å². The van der Waals surface area contributed by atoms with Crippen LogP contribution in [0.4, 0.5) is 0 Å². The molecule has 1 aromatic heterocycles. The minimum Gasteiger partial charge on any atom is -0.316 e. The molecule has 4 heteroatoms. The van der Waals surface area contributed by atoms with E-state index in [4.69, 9.17) is 0 Å². The van der Waals surface area contributed by atoms with Crippen LogP contribution in [0.15, 0.2) is 11.2 Å². The van der Waals surface area contributed by atoms with Gasteiger partial charge in [-0.25, -0.2) is 9.97 Å². The Kier molecular flexibility index (Phi) is 6.52. The average Bonchev–Trinajstić information content (AvgIpc) is 2.23. The van der Waals surface area contributed by atoms with Crippen molar-refractivity contribution in [1.29, 1.82) is 0 Å². The summed E-state index contributed by atoms with van der Waals surface area (Å²) in [4.78, 5) is 8.88. The lowest BCUT2D eigenvalue weighted by molar-refractivity contribution is 0.638. The van der Waals surface area contributed by atoms with E-state index in [9.17, 15) is 0 Å². The van der Waals surface area contributed by atoms with Crippen LogP contribution in [-0.2, 0) is 0 Å². The highest BCUT2D eigenvalue weighted by Crippen LogP contribution is 2.19. The van der Waals surface area contributed by atoms with Gasteiger partial charge >= 0.3 is 0 Å². The maximum atomic E-state index is 4.44. The molecule has 17 heavy (non-hydrogen) atoms. The summed E-state index contributed by atoms with van der Waals surface area (Å²) >= 11 is 1.75. The highest BCUT2D eigenvalue weighted by atomic mass is 32.2. The maximum Gasteiger partial charge on any atom is 0.188 e. The third kappa shape index (κ3) is 6.03. The molecule has 96 valence electrons. The topological polar surface area (TPSA) is 37.8 Å². The second-order valence-electron chi connectivity index (χ2n) is 4.42. The highest BCUT2D eigenvalue weighted by molar-refractivity contribution is 7.99. The van der Waals surface area contributed by atoms with E-state index in [1.807, 2.05) is 19.9 Å². The van der Waals surface area contributed by atoms with Crippen molar-refractivity contribution in [2.45, 2.75) is 50.9 Å². The normalized spacial score (nSPS) is 12.7. The van der Waals surface area contributed by atoms with E-state index in [1.54, 1.807) is 11.8 Å². The Bertz CT molecular complexity index is 321. The van der Waals surface area contributed by atoms with Crippen LogP contribution >= 0.6 is 11.8 Å². The third-order valence-corrected chi connectivity index (χ3v) is 3.37. The molecule has 0 amide bonds. The van der Waals surface area contributed by atoms with E-state index in [0.717, 1.165) is 29.6 Å². The molecule has 0 radical (unpaired) electrons. The first-order valence-electron chi connectivity index (χ1n) is 6.31. The van der Waals surface area contributed by atoms with Crippen LogP contribution in [-0.4, -0.2) is 28.3 Å². The van der Waals surface area contributed by atoms with Crippen molar-refractivity contribution in [3.8, 4) is 0 Å².